The number of nitrogens with zero attached hydrogens (tertiary/aromatic N) is 1. The molecular weight excluding hydrogens is 256 g/mol. The number of hydrogen-bond acceptors (Lipinski definition) is 2. The summed E-state index contributed by atoms with van der Waals surface area (Å²) in [5, 5.41) is 3.95. The molecular formula is C19H36N2. The predicted molar refractivity (Wildman–Crippen MR) is 90.5 cm³/mol. The molecule has 0 aromatic heterocycles. The maximum absolute atomic E-state index is 3.95. The van der Waals surface area contributed by atoms with Crippen LogP contribution in [0.1, 0.15) is 71.1 Å². The van der Waals surface area contributed by atoms with E-state index in [1.807, 2.05) is 0 Å². The highest BCUT2D eigenvalue weighted by Gasteiger charge is 2.32. The van der Waals surface area contributed by atoms with E-state index in [1.165, 1.54) is 90.4 Å². The molecule has 3 rings (SSSR count). The normalized spacial score (nSPS) is 31.9. The maximum atomic E-state index is 3.95. The average molecular weight is 293 g/mol. The Kier molecular flexibility index (Phi) is 5.99. The van der Waals surface area contributed by atoms with Crippen molar-refractivity contribution in [2.75, 3.05) is 26.2 Å². The van der Waals surface area contributed by atoms with Crippen LogP contribution in [0.4, 0.5) is 0 Å². The van der Waals surface area contributed by atoms with Crippen LogP contribution < -0.4 is 5.32 Å². The lowest BCUT2D eigenvalue weighted by Crippen LogP contribution is -2.50. The fraction of sp³-hybridized carbons (Fsp3) is 1.00. The zero-order valence-electron chi connectivity index (χ0n) is 14.2. The van der Waals surface area contributed by atoms with Gasteiger partial charge in [0.15, 0.2) is 0 Å². The fourth-order valence-electron chi connectivity index (χ4n) is 4.56. The highest BCUT2D eigenvalue weighted by atomic mass is 15.2. The van der Waals surface area contributed by atoms with E-state index in [1.54, 1.807) is 0 Å². The van der Waals surface area contributed by atoms with Gasteiger partial charge in [-0.3, -0.25) is 0 Å². The van der Waals surface area contributed by atoms with Crippen molar-refractivity contribution >= 4 is 0 Å². The third kappa shape index (κ3) is 5.25. The molecule has 2 unspecified atom stereocenters. The lowest BCUT2D eigenvalue weighted by atomic mass is 9.89. The summed E-state index contributed by atoms with van der Waals surface area (Å²) in [7, 11) is 0. The van der Waals surface area contributed by atoms with Crippen molar-refractivity contribution < 1.29 is 0 Å². The van der Waals surface area contributed by atoms with Crippen molar-refractivity contribution in [2.24, 2.45) is 17.8 Å². The molecule has 122 valence electrons. The van der Waals surface area contributed by atoms with E-state index in [9.17, 15) is 0 Å². The molecule has 0 bridgehead atoms. The van der Waals surface area contributed by atoms with Crippen LogP contribution >= 0.6 is 0 Å². The molecule has 2 atom stereocenters. The summed E-state index contributed by atoms with van der Waals surface area (Å²) >= 11 is 0. The zero-order chi connectivity index (χ0) is 14.5. The molecule has 2 aliphatic carbocycles. The second kappa shape index (κ2) is 7.97. The Morgan fingerprint density at radius 3 is 2.48 bits per heavy atom. The lowest BCUT2D eigenvalue weighted by Gasteiger charge is -2.39. The molecule has 2 saturated carbocycles. The number of piperidine rings is 1. The minimum absolute atomic E-state index is 0.778. The SMILES string of the molecule is CCCCN1CC(CC2CC2)CC(NCC2CCCC2)C1. The van der Waals surface area contributed by atoms with Gasteiger partial charge in [-0.25, -0.2) is 0 Å². The third-order valence-corrected chi connectivity index (χ3v) is 5.97. The van der Waals surface area contributed by atoms with Crippen molar-refractivity contribution in [3.05, 3.63) is 0 Å². The molecule has 0 aromatic rings. The molecule has 0 amide bonds. The Balaban J connectivity index is 1.45. The van der Waals surface area contributed by atoms with Gasteiger partial charge in [-0.1, -0.05) is 39.0 Å². The van der Waals surface area contributed by atoms with Crippen molar-refractivity contribution in [1.29, 1.82) is 0 Å². The number of unbranched alkanes of at least 4 members (excludes halogenated alkanes) is 1. The zero-order valence-corrected chi connectivity index (χ0v) is 14.2. The van der Waals surface area contributed by atoms with Crippen LogP contribution in [0.3, 0.4) is 0 Å². The van der Waals surface area contributed by atoms with Crippen LogP contribution in [0.2, 0.25) is 0 Å². The van der Waals surface area contributed by atoms with Crippen LogP contribution in [0, 0.1) is 17.8 Å². The van der Waals surface area contributed by atoms with Crippen LogP contribution in [-0.4, -0.2) is 37.1 Å². The summed E-state index contributed by atoms with van der Waals surface area (Å²) in [6.45, 7) is 7.65. The first-order valence-corrected chi connectivity index (χ1v) is 9.79. The summed E-state index contributed by atoms with van der Waals surface area (Å²) in [6, 6.07) is 0.778. The van der Waals surface area contributed by atoms with E-state index in [-0.39, 0.29) is 0 Å². The second-order valence-electron chi connectivity index (χ2n) is 8.15. The highest BCUT2D eigenvalue weighted by molar-refractivity contribution is 4.87. The van der Waals surface area contributed by atoms with E-state index in [2.05, 4.69) is 17.1 Å². The summed E-state index contributed by atoms with van der Waals surface area (Å²) in [6.07, 6.45) is 14.6. The van der Waals surface area contributed by atoms with E-state index < -0.39 is 0 Å². The number of nitrogens with one attached hydrogen (secondary N) is 1. The van der Waals surface area contributed by atoms with Gasteiger partial charge in [0.05, 0.1) is 0 Å². The van der Waals surface area contributed by atoms with Crippen molar-refractivity contribution in [3.63, 3.8) is 0 Å². The van der Waals surface area contributed by atoms with Crippen LogP contribution in [0.15, 0.2) is 0 Å². The smallest absolute Gasteiger partial charge is 0.0198 e. The Hall–Kier alpha value is -0.0800. The minimum Gasteiger partial charge on any atom is -0.312 e. The van der Waals surface area contributed by atoms with Gasteiger partial charge in [-0.2, -0.15) is 0 Å². The largest absolute Gasteiger partial charge is 0.312 e. The molecule has 2 heteroatoms. The standard InChI is InChI=1S/C19H36N2/c1-2-3-10-21-14-18(11-16-8-9-16)12-19(15-21)20-13-17-6-4-5-7-17/h16-20H,2-15H2,1H3. The van der Waals surface area contributed by atoms with Gasteiger partial charge < -0.3 is 10.2 Å². The second-order valence-corrected chi connectivity index (χ2v) is 8.15. The third-order valence-electron chi connectivity index (χ3n) is 5.97. The molecule has 1 aliphatic heterocycles. The van der Waals surface area contributed by atoms with Gasteiger partial charge in [-0.05, 0) is 62.9 Å². The monoisotopic (exact) mass is 292 g/mol. The molecule has 3 fully saturated rings. The van der Waals surface area contributed by atoms with Gasteiger partial charge in [0.25, 0.3) is 0 Å². The topological polar surface area (TPSA) is 15.3 Å². The van der Waals surface area contributed by atoms with E-state index in [0.29, 0.717) is 0 Å². The predicted octanol–water partition coefficient (Wildman–Crippen LogP) is 4.06. The minimum atomic E-state index is 0.778. The average Bonchev–Trinajstić information content (AvgIpc) is 3.15. The molecule has 3 aliphatic rings. The highest BCUT2D eigenvalue weighted by Crippen LogP contribution is 2.38. The summed E-state index contributed by atoms with van der Waals surface area (Å²) in [5.41, 5.74) is 0. The first-order chi connectivity index (χ1) is 10.3. The van der Waals surface area contributed by atoms with E-state index >= 15 is 0 Å². The Bertz CT molecular complexity index is 294. The van der Waals surface area contributed by atoms with Gasteiger partial charge in [0, 0.05) is 19.1 Å². The first kappa shape index (κ1) is 15.8. The van der Waals surface area contributed by atoms with Gasteiger partial charge in [-0.15, -0.1) is 0 Å². The number of hydrogen-bond donors (Lipinski definition) is 1. The van der Waals surface area contributed by atoms with Crippen LogP contribution in [0.25, 0.3) is 0 Å². The van der Waals surface area contributed by atoms with E-state index in [4.69, 9.17) is 0 Å². The van der Waals surface area contributed by atoms with Crippen molar-refractivity contribution in [3.8, 4) is 0 Å². The summed E-state index contributed by atoms with van der Waals surface area (Å²) in [4.78, 5) is 2.77. The maximum Gasteiger partial charge on any atom is 0.0198 e. The molecule has 0 spiro atoms. The fourth-order valence-corrected chi connectivity index (χ4v) is 4.56. The van der Waals surface area contributed by atoms with Gasteiger partial charge in [0.1, 0.15) is 0 Å². The Morgan fingerprint density at radius 2 is 1.76 bits per heavy atom. The molecule has 1 N–H and O–H groups in total. The van der Waals surface area contributed by atoms with Gasteiger partial charge >= 0.3 is 0 Å². The first-order valence-electron chi connectivity index (χ1n) is 9.79. The summed E-state index contributed by atoms with van der Waals surface area (Å²) in [5.74, 6) is 3.05. The van der Waals surface area contributed by atoms with Crippen molar-refractivity contribution in [2.45, 2.75) is 77.2 Å². The number of likely N-dealkylation sites (tertiary alicyclic amines) is 1. The van der Waals surface area contributed by atoms with E-state index in [0.717, 1.165) is 23.8 Å². The quantitative estimate of drug-likeness (QED) is 0.726. The molecule has 0 radical (unpaired) electrons. The molecule has 21 heavy (non-hydrogen) atoms. The molecule has 1 saturated heterocycles. The van der Waals surface area contributed by atoms with Crippen molar-refractivity contribution in [1.82, 2.24) is 10.2 Å². The summed E-state index contributed by atoms with van der Waals surface area (Å²) < 4.78 is 0. The van der Waals surface area contributed by atoms with Crippen LogP contribution in [-0.2, 0) is 0 Å². The Labute approximate surface area is 132 Å². The molecule has 2 nitrogen and oxygen atoms in total. The Morgan fingerprint density at radius 1 is 0.952 bits per heavy atom. The van der Waals surface area contributed by atoms with Crippen LogP contribution in [0.5, 0.6) is 0 Å². The lowest BCUT2D eigenvalue weighted by molar-refractivity contribution is 0.129. The van der Waals surface area contributed by atoms with Gasteiger partial charge in [0.2, 0.25) is 0 Å². The molecule has 1 heterocycles. The molecule has 0 aromatic carbocycles. The number of rotatable bonds is 8.